The van der Waals surface area contributed by atoms with Crippen LogP contribution in [0.25, 0.3) is 0 Å². The van der Waals surface area contributed by atoms with Crippen molar-refractivity contribution in [1.29, 1.82) is 0 Å². The third-order valence-corrected chi connectivity index (χ3v) is 4.33. The molecule has 4 N–H and O–H groups in total. The van der Waals surface area contributed by atoms with E-state index < -0.39 is 0 Å². The van der Waals surface area contributed by atoms with Crippen LogP contribution in [0.4, 0.5) is 23.5 Å². The Kier molecular flexibility index (Phi) is 5.85. The summed E-state index contributed by atoms with van der Waals surface area (Å²) in [4.78, 5) is 15.4. The summed E-state index contributed by atoms with van der Waals surface area (Å²) in [6, 6.07) is 13.8. The summed E-state index contributed by atoms with van der Waals surface area (Å²) in [7, 11) is 0. The highest BCUT2D eigenvalue weighted by Crippen LogP contribution is 2.21. The molecule has 154 valence electrons. The van der Waals surface area contributed by atoms with E-state index in [1.807, 2.05) is 35.2 Å². The van der Waals surface area contributed by atoms with Crippen LogP contribution >= 0.6 is 0 Å². The molecule has 30 heavy (non-hydrogen) atoms. The maximum atomic E-state index is 9.86. The zero-order valence-corrected chi connectivity index (χ0v) is 16.1. The van der Waals surface area contributed by atoms with Gasteiger partial charge in [-0.3, -0.25) is 0 Å². The van der Waals surface area contributed by atoms with Crippen molar-refractivity contribution in [3.8, 4) is 11.5 Å². The molecule has 0 atom stereocenters. The number of nitrogens with one attached hydrogen (secondary N) is 2. The van der Waals surface area contributed by atoms with Gasteiger partial charge in [-0.1, -0.05) is 18.2 Å². The Bertz CT molecular complexity index is 1020. The van der Waals surface area contributed by atoms with E-state index in [2.05, 4.69) is 30.8 Å². The molecule has 1 fully saturated rings. The van der Waals surface area contributed by atoms with Gasteiger partial charge in [0.15, 0.2) is 0 Å². The van der Waals surface area contributed by atoms with Crippen LogP contribution in [0.15, 0.2) is 53.6 Å². The van der Waals surface area contributed by atoms with E-state index in [9.17, 15) is 10.2 Å². The van der Waals surface area contributed by atoms with Crippen molar-refractivity contribution in [3.63, 3.8) is 0 Å². The first-order valence-electron chi connectivity index (χ1n) is 9.39. The summed E-state index contributed by atoms with van der Waals surface area (Å²) >= 11 is 0. The molecule has 0 amide bonds. The smallest absolute Gasteiger partial charge is 0.250 e. The quantitative estimate of drug-likeness (QED) is 0.359. The van der Waals surface area contributed by atoms with Gasteiger partial charge in [-0.15, -0.1) is 0 Å². The number of hydrogen-bond donors (Lipinski definition) is 4. The van der Waals surface area contributed by atoms with Gasteiger partial charge in [0.1, 0.15) is 11.5 Å². The number of aromatic nitrogens is 3. The molecule has 0 radical (unpaired) electrons. The second-order valence-electron chi connectivity index (χ2n) is 6.49. The Hall–Kier alpha value is -3.92. The minimum absolute atomic E-state index is 0.0261. The summed E-state index contributed by atoms with van der Waals surface area (Å²) < 4.78 is 5.40. The molecule has 1 aliphatic heterocycles. The lowest BCUT2D eigenvalue weighted by atomic mass is 10.2. The molecule has 0 saturated carbocycles. The van der Waals surface area contributed by atoms with E-state index in [1.165, 1.54) is 18.3 Å². The minimum atomic E-state index is -0.0864. The lowest BCUT2D eigenvalue weighted by Gasteiger charge is -2.27. The zero-order valence-electron chi connectivity index (χ0n) is 16.1. The molecule has 1 aliphatic rings. The third-order valence-electron chi connectivity index (χ3n) is 4.33. The summed E-state index contributed by atoms with van der Waals surface area (Å²) in [5.41, 5.74) is 4.06. The number of hydrazone groups is 1. The fraction of sp³-hybridized carbons (Fsp3) is 0.200. The molecule has 2 aromatic carbocycles. The molecule has 0 aliphatic carbocycles. The van der Waals surface area contributed by atoms with Crippen LogP contribution in [-0.4, -0.2) is 57.7 Å². The number of rotatable bonds is 6. The first-order valence-corrected chi connectivity index (χ1v) is 9.39. The fourth-order valence-electron chi connectivity index (χ4n) is 2.83. The lowest BCUT2D eigenvalue weighted by Crippen LogP contribution is -2.37. The maximum absolute atomic E-state index is 9.86. The highest BCUT2D eigenvalue weighted by molar-refractivity contribution is 5.84. The van der Waals surface area contributed by atoms with E-state index in [4.69, 9.17) is 4.74 Å². The molecule has 0 spiro atoms. The van der Waals surface area contributed by atoms with Crippen molar-refractivity contribution in [2.45, 2.75) is 0 Å². The second kappa shape index (κ2) is 9.05. The van der Waals surface area contributed by atoms with Crippen LogP contribution in [0.5, 0.6) is 11.5 Å². The van der Waals surface area contributed by atoms with Crippen molar-refractivity contribution in [3.05, 3.63) is 54.1 Å². The van der Waals surface area contributed by atoms with E-state index in [1.54, 1.807) is 6.07 Å². The Morgan fingerprint density at radius 3 is 2.50 bits per heavy atom. The molecule has 1 aromatic heterocycles. The van der Waals surface area contributed by atoms with Gasteiger partial charge in [0.25, 0.3) is 0 Å². The van der Waals surface area contributed by atoms with Gasteiger partial charge in [0.2, 0.25) is 17.8 Å². The van der Waals surface area contributed by atoms with Gasteiger partial charge >= 0.3 is 0 Å². The second-order valence-corrected chi connectivity index (χ2v) is 6.49. The molecule has 0 bridgehead atoms. The lowest BCUT2D eigenvalue weighted by molar-refractivity contribution is 0.122. The zero-order chi connectivity index (χ0) is 20.8. The van der Waals surface area contributed by atoms with Crippen LogP contribution in [0, 0.1) is 0 Å². The SMILES string of the molecule is Oc1ccc(/C=N/Nc2nc(Nc3ccccc3)nc(N3CCOCC3)n2)c(O)c1. The molecule has 10 nitrogen and oxygen atoms in total. The Morgan fingerprint density at radius 2 is 1.73 bits per heavy atom. The van der Waals surface area contributed by atoms with Crippen LogP contribution in [-0.2, 0) is 4.74 Å². The fourth-order valence-corrected chi connectivity index (χ4v) is 2.83. The molecular formula is C20H21N7O3. The predicted molar refractivity (Wildman–Crippen MR) is 114 cm³/mol. The topological polar surface area (TPSA) is 128 Å². The van der Waals surface area contributed by atoms with E-state index in [-0.39, 0.29) is 17.4 Å². The molecule has 1 saturated heterocycles. The third kappa shape index (κ3) is 4.92. The number of phenolic OH excluding ortho intramolecular Hbond substituents is 2. The van der Waals surface area contributed by atoms with Crippen molar-refractivity contribution in [2.75, 3.05) is 41.9 Å². The average Bonchev–Trinajstić information content (AvgIpc) is 2.76. The number of morpholine rings is 1. The van der Waals surface area contributed by atoms with Crippen LogP contribution in [0.3, 0.4) is 0 Å². The van der Waals surface area contributed by atoms with Gasteiger partial charge in [0, 0.05) is 30.4 Å². The Balaban J connectivity index is 1.57. The predicted octanol–water partition coefficient (Wildman–Crippen LogP) is 2.31. The number of hydrogen-bond acceptors (Lipinski definition) is 10. The normalized spacial score (nSPS) is 14.1. The monoisotopic (exact) mass is 407 g/mol. The van der Waals surface area contributed by atoms with Crippen molar-refractivity contribution >= 4 is 29.7 Å². The molecule has 10 heteroatoms. The summed E-state index contributed by atoms with van der Waals surface area (Å²) in [6.07, 6.45) is 1.41. The van der Waals surface area contributed by atoms with Gasteiger partial charge in [0.05, 0.1) is 19.4 Å². The summed E-state index contributed by atoms with van der Waals surface area (Å²) in [5.74, 6) is 1.03. The Labute approximate surface area is 172 Å². The number of phenols is 2. The number of benzene rings is 2. The van der Waals surface area contributed by atoms with E-state index in [0.29, 0.717) is 43.8 Å². The largest absolute Gasteiger partial charge is 0.508 e. The van der Waals surface area contributed by atoms with Crippen molar-refractivity contribution in [2.24, 2.45) is 5.10 Å². The number of nitrogens with zero attached hydrogens (tertiary/aromatic N) is 5. The molecule has 0 unspecified atom stereocenters. The summed E-state index contributed by atoms with van der Waals surface area (Å²) in [6.45, 7) is 2.57. The number of para-hydroxylation sites is 1. The van der Waals surface area contributed by atoms with E-state index >= 15 is 0 Å². The molecule has 2 heterocycles. The average molecular weight is 407 g/mol. The van der Waals surface area contributed by atoms with Gasteiger partial charge in [-0.25, -0.2) is 5.43 Å². The number of aromatic hydroxyl groups is 2. The van der Waals surface area contributed by atoms with Crippen LogP contribution in [0.2, 0.25) is 0 Å². The van der Waals surface area contributed by atoms with Crippen molar-refractivity contribution < 1.29 is 14.9 Å². The van der Waals surface area contributed by atoms with Gasteiger partial charge in [-0.05, 0) is 24.3 Å². The Morgan fingerprint density at radius 1 is 0.967 bits per heavy atom. The first kappa shape index (κ1) is 19.4. The highest BCUT2D eigenvalue weighted by Gasteiger charge is 2.16. The highest BCUT2D eigenvalue weighted by atomic mass is 16.5. The first-order chi connectivity index (χ1) is 14.7. The van der Waals surface area contributed by atoms with Crippen molar-refractivity contribution in [1.82, 2.24) is 15.0 Å². The molecule has 4 rings (SSSR count). The van der Waals surface area contributed by atoms with Gasteiger partial charge < -0.3 is 25.2 Å². The summed E-state index contributed by atoms with van der Waals surface area (Å²) in [5, 5.41) is 26.5. The van der Waals surface area contributed by atoms with Crippen LogP contribution in [0.1, 0.15) is 5.56 Å². The molecule has 3 aromatic rings. The maximum Gasteiger partial charge on any atom is 0.250 e. The van der Waals surface area contributed by atoms with E-state index in [0.717, 1.165) is 5.69 Å². The minimum Gasteiger partial charge on any atom is -0.508 e. The number of ether oxygens (including phenoxy) is 1. The standard InChI is InChI=1S/C20H21N7O3/c28-16-7-6-14(17(29)12-16)13-21-26-19-23-18(22-15-4-2-1-3-5-15)24-20(25-19)27-8-10-30-11-9-27/h1-7,12-13,28-29H,8-11H2,(H2,22,23,24,25,26)/b21-13+. The van der Waals surface area contributed by atoms with Crippen LogP contribution < -0.4 is 15.6 Å². The van der Waals surface area contributed by atoms with Gasteiger partial charge in [-0.2, -0.15) is 20.1 Å². The molecular weight excluding hydrogens is 386 g/mol. The number of anilines is 4.